The lowest BCUT2D eigenvalue weighted by molar-refractivity contribution is 0.484. The predicted octanol–water partition coefficient (Wildman–Crippen LogP) is 13.4. The molecule has 2 atom stereocenters. The molecule has 4 aromatic rings. The smallest absolute Gasteiger partial charge is 0.275 e. The Hall–Kier alpha value is -3.06. The standard InChI is InChI=1S/C43H58O4P2/c1-27-20-21-29(3)37(22-27)45-49-47-39-33(24-31(41(7,8)9)26-35(39)43(13,14)15)32-23-30(40(4,5)6)25-34(42(10,11)12)38(32)46-48-44-36-19-17-16-18-28(36)2/h16-26,48-49H,1-15H3. The minimum absolute atomic E-state index is 0.101. The van der Waals surface area contributed by atoms with Crippen molar-refractivity contribution in [2.45, 2.75) is 126 Å². The summed E-state index contributed by atoms with van der Waals surface area (Å²) < 4.78 is 26.3. The van der Waals surface area contributed by atoms with Gasteiger partial charge in [0.2, 0.25) is 0 Å². The van der Waals surface area contributed by atoms with E-state index in [1.165, 1.54) is 11.1 Å². The molecule has 0 aliphatic carbocycles. The number of rotatable bonds is 9. The van der Waals surface area contributed by atoms with Gasteiger partial charge in [0.05, 0.1) is 0 Å². The lowest BCUT2D eigenvalue weighted by atomic mass is 9.75. The average Bonchev–Trinajstić information content (AvgIpc) is 2.97. The Morgan fingerprint density at radius 3 is 1.29 bits per heavy atom. The summed E-state index contributed by atoms with van der Waals surface area (Å²) in [5, 5.41) is 0. The van der Waals surface area contributed by atoms with Gasteiger partial charge in [0.15, 0.2) is 0 Å². The van der Waals surface area contributed by atoms with Crippen molar-refractivity contribution in [2.75, 3.05) is 0 Å². The van der Waals surface area contributed by atoms with Crippen LogP contribution in [0.3, 0.4) is 0 Å². The molecule has 0 aliphatic heterocycles. The monoisotopic (exact) mass is 700 g/mol. The topological polar surface area (TPSA) is 36.9 Å². The van der Waals surface area contributed by atoms with Crippen LogP contribution >= 0.6 is 18.1 Å². The summed E-state index contributed by atoms with van der Waals surface area (Å²) in [4.78, 5) is 0. The summed E-state index contributed by atoms with van der Waals surface area (Å²) in [7, 11) is -0.465. The quantitative estimate of drug-likeness (QED) is 0.163. The first-order valence-electron chi connectivity index (χ1n) is 17.3. The zero-order valence-electron chi connectivity index (χ0n) is 32.5. The number of benzene rings is 4. The van der Waals surface area contributed by atoms with Crippen LogP contribution in [0.25, 0.3) is 11.1 Å². The third-order valence-electron chi connectivity index (χ3n) is 8.84. The van der Waals surface area contributed by atoms with E-state index in [-0.39, 0.29) is 39.7 Å². The van der Waals surface area contributed by atoms with Crippen molar-refractivity contribution in [2.24, 2.45) is 0 Å². The van der Waals surface area contributed by atoms with E-state index in [1.807, 2.05) is 18.2 Å². The fourth-order valence-electron chi connectivity index (χ4n) is 5.56. The lowest BCUT2D eigenvalue weighted by Crippen LogP contribution is -2.19. The van der Waals surface area contributed by atoms with Gasteiger partial charge in [0.1, 0.15) is 23.0 Å². The highest BCUT2D eigenvalue weighted by Gasteiger charge is 2.32. The Morgan fingerprint density at radius 1 is 0.429 bits per heavy atom. The first kappa shape index (κ1) is 38.7. The maximum Gasteiger partial charge on any atom is 0.275 e. The van der Waals surface area contributed by atoms with E-state index in [2.05, 4.69) is 152 Å². The third kappa shape index (κ3) is 9.59. The van der Waals surface area contributed by atoms with Crippen molar-refractivity contribution in [3.8, 4) is 34.1 Å². The predicted molar refractivity (Wildman–Crippen MR) is 213 cm³/mol. The molecule has 4 nitrogen and oxygen atoms in total. The molecule has 0 spiro atoms. The number of para-hydroxylation sites is 1. The second-order valence-electron chi connectivity index (χ2n) is 17.4. The second kappa shape index (κ2) is 14.7. The van der Waals surface area contributed by atoms with Gasteiger partial charge in [-0.1, -0.05) is 126 Å². The molecular weight excluding hydrogens is 642 g/mol. The van der Waals surface area contributed by atoms with Crippen LogP contribution in [0.4, 0.5) is 0 Å². The lowest BCUT2D eigenvalue weighted by Gasteiger charge is -2.32. The number of hydrogen-bond acceptors (Lipinski definition) is 4. The molecular formula is C43H58O4P2. The Labute approximate surface area is 300 Å². The first-order chi connectivity index (χ1) is 22.6. The van der Waals surface area contributed by atoms with Crippen molar-refractivity contribution in [3.05, 3.63) is 106 Å². The van der Waals surface area contributed by atoms with Crippen LogP contribution in [0.15, 0.2) is 66.7 Å². The van der Waals surface area contributed by atoms with E-state index in [0.717, 1.165) is 61.9 Å². The van der Waals surface area contributed by atoms with Gasteiger partial charge in [-0.05, 0) is 94.5 Å². The molecule has 0 N–H and O–H groups in total. The largest absolute Gasteiger partial charge is 0.440 e. The van der Waals surface area contributed by atoms with Gasteiger partial charge in [-0.15, -0.1) is 0 Å². The maximum atomic E-state index is 6.83. The Kier molecular flexibility index (Phi) is 11.6. The summed E-state index contributed by atoms with van der Waals surface area (Å²) in [5.74, 6) is 3.31. The maximum absolute atomic E-state index is 6.83. The molecule has 0 heterocycles. The summed E-state index contributed by atoms with van der Waals surface area (Å²) >= 11 is 0. The highest BCUT2D eigenvalue weighted by molar-refractivity contribution is 7.27. The molecule has 0 radical (unpaired) electrons. The SMILES string of the molecule is Cc1ccc(C)c(OPOc2c(-c3cc(C(C)(C)C)cc(C(C)(C)C)c3OPOc3ccccc3C)cc(C(C)(C)C)cc2C(C)(C)C)c1. The van der Waals surface area contributed by atoms with Gasteiger partial charge in [0.25, 0.3) is 18.1 Å². The minimum Gasteiger partial charge on any atom is -0.440 e. The highest BCUT2D eigenvalue weighted by Crippen LogP contribution is 2.51. The summed E-state index contributed by atoms with van der Waals surface area (Å²) in [6, 6.07) is 23.6. The van der Waals surface area contributed by atoms with Crippen LogP contribution in [0.5, 0.6) is 23.0 Å². The van der Waals surface area contributed by atoms with E-state index in [1.54, 1.807) is 0 Å². The van der Waals surface area contributed by atoms with Gasteiger partial charge >= 0.3 is 0 Å². The van der Waals surface area contributed by atoms with E-state index >= 15 is 0 Å². The van der Waals surface area contributed by atoms with Gasteiger partial charge in [0, 0.05) is 22.3 Å². The Balaban J connectivity index is 2.00. The van der Waals surface area contributed by atoms with E-state index < -0.39 is 0 Å². The zero-order valence-corrected chi connectivity index (χ0v) is 34.5. The minimum atomic E-state index is -0.234. The summed E-state index contributed by atoms with van der Waals surface area (Å²) in [6.07, 6.45) is 0. The molecule has 2 unspecified atom stereocenters. The molecule has 0 amide bonds. The molecule has 49 heavy (non-hydrogen) atoms. The van der Waals surface area contributed by atoms with Crippen molar-refractivity contribution in [1.82, 2.24) is 0 Å². The molecule has 264 valence electrons. The highest BCUT2D eigenvalue weighted by atomic mass is 31.1. The van der Waals surface area contributed by atoms with Crippen LogP contribution in [0, 0.1) is 20.8 Å². The summed E-state index contributed by atoms with van der Waals surface area (Å²) in [5.41, 5.74) is 9.44. The Morgan fingerprint density at radius 2 is 0.857 bits per heavy atom. The van der Waals surface area contributed by atoms with Crippen molar-refractivity contribution in [3.63, 3.8) is 0 Å². The molecule has 0 saturated heterocycles. The average molecular weight is 701 g/mol. The Bertz CT molecular complexity index is 1780. The van der Waals surface area contributed by atoms with Crippen LogP contribution in [0.2, 0.25) is 0 Å². The second-order valence-corrected chi connectivity index (χ2v) is 18.6. The normalized spacial score (nSPS) is 13.0. The number of hydrogen-bond donors (Lipinski definition) is 0. The molecule has 4 aromatic carbocycles. The van der Waals surface area contributed by atoms with E-state index in [9.17, 15) is 0 Å². The molecule has 0 saturated carbocycles. The van der Waals surface area contributed by atoms with E-state index in [0.29, 0.717) is 0 Å². The first-order valence-corrected chi connectivity index (χ1v) is 18.9. The molecule has 0 aromatic heterocycles. The molecule has 0 aliphatic rings. The molecule has 6 heteroatoms. The van der Waals surface area contributed by atoms with Crippen molar-refractivity contribution in [1.29, 1.82) is 0 Å². The van der Waals surface area contributed by atoms with Crippen molar-refractivity contribution < 1.29 is 18.1 Å². The third-order valence-corrected chi connectivity index (χ3v) is 10.0. The van der Waals surface area contributed by atoms with Gasteiger partial charge in [-0.2, -0.15) is 0 Å². The van der Waals surface area contributed by atoms with Crippen LogP contribution in [0.1, 0.15) is 122 Å². The number of aryl methyl sites for hydroxylation is 3. The van der Waals surface area contributed by atoms with Gasteiger partial charge < -0.3 is 18.1 Å². The fourth-order valence-corrected chi connectivity index (χ4v) is 6.88. The molecule has 4 rings (SSSR count). The van der Waals surface area contributed by atoms with Gasteiger partial charge in [-0.3, -0.25) is 0 Å². The van der Waals surface area contributed by atoms with Crippen LogP contribution in [-0.4, -0.2) is 0 Å². The van der Waals surface area contributed by atoms with Crippen molar-refractivity contribution >= 4 is 18.1 Å². The zero-order chi connectivity index (χ0) is 36.5. The van der Waals surface area contributed by atoms with Crippen LogP contribution in [-0.2, 0) is 21.7 Å². The molecule has 0 bridgehead atoms. The fraction of sp³-hybridized carbons (Fsp3) is 0.442. The van der Waals surface area contributed by atoms with Gasteiger partial charge in [-0.25, -0.2) is 0 Å². The molecule has 0 fully saturated rings. The summed E-state index contributed by atoms with van der Waals surface area (Å²) in [6.45, 7) is 33.3. The van der Waals surface area contributed by atoms with Crippen LogP contribution < -0.4 is 18.1 Å². The van der Waals surface area contributed by atoms with E-state index in [4.69, 9.17) is 18.1 Å².